The molecule has 246 valence electrons. The van der Waals surface area contributed by atoms with Gasteiger partial charge in [-0.05, 0) is 23.6 Å². The van der Waals surface area contributed by atoms with Crippen molar-refractivity contribution in [2.45, 2.75) is 48.6 Å². The molecule has 25 heteroatoms. The molecule has 6 N–H and O–H groups in total. The molecule has 2 unspecified atom stereocenters. The Morgan fingerprint density at radius 1 is 1.04 bits per heavy atom. The number of aromatic amines is 1. The number of nitrogens with one attached hydrogen (secondary N) is 1. The zero-order chi connectivity index (χ0) is 32.2. The average molecular weight is 737 g/mol. The Kier molecular flexibility index (Phi) is 7.35. The van der Waals surface area contributed by atoms with Crippen LogP contribution >= 0.6 is 24.7 Å². The number of fused-ring (bicyclic) bond motifs is 4. The second-order valence-electron chi connectivity index (χ2n) is 10.8. The minimum absolute atomic E-state index is 0.000876. The molecule has 4 aromatic rings. The van der Waals surface area contributed by atoms with E-state index in [0.717, 1.165) is 0 Å². The van der Waals surface area contributed by atoms with Crippen molar-refractivity contribution in [1.82, 2.24) is 39.0 Å². The zero-order valence-corrected chi connectivity index (χ0v) is 27.2. The molecule has 4 saturated heterocycles. The van der Waals surface area contributed by atoms with Crippen LogP contribution in [0.15, 0.2) is 23.8 Å². The molecule has 10 atom stereocenters. The molecule has 8 rings (SSSR count). The summed E-state index contributed by atoms with van der Waals surface area (Å²) in [4.78, 5) is 46.6. The van der Waals surface area contributed by atoms with Crippen LogP contribution in [0, 0.1) is 0 Å². The van der Waals surface area contributed by atoms with E-state index in [4.69, 9.17) is 67.4 Å². The van der Waals surface area contributed by atoms with Crippen molar-refractivity contribution in [2.75, 3.05) is 31.3 Å². The number of alkyl halides is 1. The van der Waals surface area contributed by atoms with E-state index < -0.39 is 73.2 Å². The van der Waals surface area contributed by atoms with Gasteiger partial charge < -0.3 is 44.1 Å². The number of imidazole rings is 2. The Bertz CT molecular complexity index is 2040. The van der Waals surface area contributed by atoms with Crippen molar-refractivity contribution in [3.05, 3.63) is 29.3 Å². The van der Waals surface area contributed by atoms with Gasteiger partial charge >= 0.3 is 6.72 Å². The van der Waals surface area contributed by atoms with Crippen LogP contribution in [0.1, 0.15) is 12.5 Å². The Labute approximate surface area is 271 Å². The van der Waals surface area contributed by atoms with Gasteiger partial charge in [0.2, 0.25) is 11.6 Å². The molecular formula is C21H23FN10O9P2S3. The molecule has 4 aliphatic heterocycles. The molecule has 4 bridgehead atoms. The first kappa shape index (κ1) is 31.1. The van der Waals surface area contributed by atoms with Crippen LogP contribution in [-0.2, 0) is 55.9 Å². The summed E-state index contributed by atoms with van der Waals surface area (Å²) in [5.74, 6) is -0.0361. The maximum atomic E-state index is 16.1. The van der Waals surface area contributed by atoms with Gasteiger partial charge in [-0.3, -0.25) is 23.4 Å². The van der Waals surface area contributed by atoms with Gasteiger partial charge in [-0.25, -0.2) is 24.3 Å². The standard InChI is InChI=1S/C21H23FN10O9P2S3/c22-8-7-1-36-42(34,44)41-13-12-19(31-5-27-9-14(23)25-4-26-15(9)31)39-21(13,2-35-12)3-37-43(45,46)40-11(8)18(38-7)32-6-28-10-16(32)29-20(24)30-17(10)33/h4-8,11-13,18-19H,1-3H2,(H,34,44)(H,45,46)(H2,23,25,26)(H3,24,29,30,33)/t7-,8+,11-,12-,13+,18-,19-,21-,42?/m1/s1. The molecule has 0 saturated carbocycles. The maximum Gasteiger partial charge on any atom is 0.325 e. The summed E-state index contributed by atoms with van der Waals surface area (Å²) < 4.78 is 61.1. The first-order chi connectivity index (χ1) is 21.8. The van der Waals surface area contributed by atoms with Crippen LogP contribution in [0.5, 0.6) is 0 Å². The Morgan fingerprint density at radius 3 is 2.61 bits per heavy atom. The SMILES string of the molecule is Nc1nc2c(ncn2[C@@H]2O[C@@H]3COP(O)(=S)O[C@H]4[C@H]5OC[C@]4(COP(=S)(S)O[C@@H]2[C@H]3F)O[C@H]5n2cnc3c(N)ncnc32)c(=O)[nH]1. The maximum absolute atomic E-state index is 16.1. The largest absolute Gasteiger partial charge is 0.382 e. The van der Waals surface area contributed by atoms with Gasteiger partial charge in [-0.1, -0.05) is 12.2 Å². The van der Waals surface area contributed by atoms with E-state index >= 15 is 4.39 Å². The summed E-state index contributed by atoms with van der Waals surface area (Å²) in [6, 6.07) is 0. The lowest BCUT2D eigenvalue weighted by atomic mass is 10.0. The highest BCUT2D eigenvalue weighted by molar-refractivity contribution is 8.60. The highest BCUT2D eigenvalue weighted by Crippen LogP contribution is 2.61. The topological polar surface area (TPSA) is 244 Å². The Hall–Kier alpha value is -2.24. The summed E-state index contributed by atoms with van der Waals surface area (Å²) in [7, 11) is 0. The molecule has 0 amide bonds. The normalized spacial score (nSPS) is 39.7. The number of hydrogen-bond acceptors (Lipinski definition) is 17. The second kappa shape index (κ2) is 10.9. The van der Waals surface area contributed by atoms with E-state index in [-0.39, 0.29) is 36.1 Å². The number of anilines is 2. The molecule has 4 aliphatic rings. The van der Waals surface area contributed by atoms with E-state index in [0.29, 0.717) is 11.2 Å². The first-order valence-electron chi connectivity index (χ1n) is 13.4. The number of thiol groups is 1. The van der Waals surface area contributed by atoms with Gasteiger partial charge in [0, 0.05) is 0 Å². The first-order valence-corrected chi connectivity index (χ1v) is 19.8. The Balaban J connectivity index is 1.14. The molecule has 0 radical (unpaired) electrons. The number of nitrogens with zero attached hydrogens (tertiary/aromatic N) is 7. The van der Waals surface area contributed by atoms with Gasteiger partial charge in [-0.15, -0.1) is 0 Å². The number of rotatable bonds is 2. The highest BCUT2D eigenvalue weighted by atomic mass is 32.9. The van der Waals surface area contributed by atoms with Crippen molar-refractivity contribution in [3.8, 4) is 0 Å². The summed E-state index contributed by atoms with van der Waals surface area (Å²) in [5, 5.41) is 0. The van der Waals surface area contributed by atoms with Gasteiger partial charge in [0.05, 0.1) is 32.5 Å². The fraction of sp³-hybridized carbons (Fsp3) is 0.524. The van der Waals surface area contributed by atoms with E-state index in [1.165, 1.54) is 23.5 Å². The summed E-state index contributed by atoms with van der Waals surface area (Å²) in [6.07, 6.45) is -4.85. The monoisotopic (exact) mass is 736 g/mol. The number of nitrogens with two attached hydrogens (primary N) is 2. The van der Waals surface area contributed by atoms with Crippen molar-refractivity contribution < 1.29 is 41.6 Å². The quantitative estimate of drug-likeness (QED) is 0.136. The summed E-state index contributed by atoms with van der Waals surface area (Å²) in [6.45, 7) is -5.06. The third-order valence-corrected chi connectivity index (χ3v) is 11.7. The van der Waals surface area contributed by atoms with Gasteiger partial charge in [0.15, 0.2) is 41.3 Å². The fourth-order valence-electron chi connectivity index (χ4n) is 5.94. The van der Waals surface area contributed by atoms with E-state index in [1.54, 1.807) is 4.57 Å². The third kappa shape index (κ3) is 5.00. The smallest absolute Gasteiger partial charge is 0.325 e. The number of nitrogen functional groups attached to an aromatic ring is 2. The number of H-pyrrole nitrogens is 1. The number of hydrogen-bond donors (Lipinski definition) is 5. The lowest BCUT2D eigenvalue weighted by molar-refractivity contribution is -0.182. The lowest BCUT2D eigenvalue weighted by Gasteiger charge is -2.34. The molecule has 0 spiro atoms. The van der Waals surface area contributed by atoms with Crippen LogP contribution in [0.25, 0.3) is 22.3 Å². The van der Waals surface area contributed by atoms with Gasteiger partial charge in [-0.2, -0.15) is 4.98 Å². The van der Waals surface area contributed by atoms with Crippen LogP contribution in [-0.4, -0.2) is 99.9 Å². The minimum Gasteiger partial charge on any atom is -0.382 e. The molecule has 19 nitrogen and oxygen atoms in total. The predicted octanol–water partition coefficient (Wildman–Crippen LogP) is 0.214. The number of halogens is 1. The van der Waals surface area contributed by atoms with Gasteiger partial charge in [0.1, 0.15) is 41.9 Å². The molecule has 46 heavy (non-hydrogen) atoms. The fourth-order valence-corrected chi connectivity index (χ4v) is 9.33. The van der Waals surface area contributed by atoms with Crippen molar-refractivity contribution in [3.63, 3.8) is 0 Å². The third-order valence-electron chi connectivity index (χ3n) is 8.00. The Morgan fingerprint density at radius 2 is 1.80 bits per heavy atom. The molecule has 4 aromatic heterocycles. The molecule has 4 fully saturated rings. The van der Waals surface area contributed by atoms with E-state index in [1.807, 2.05) is 0 Å². The molecule has 8 heterocycles. The molecule has 0 aromatic carbocycles. The van der Waals surface area contributed by atoms with Crippen LogP contribution < -0.4 is 17.0 Å². The van der Waals surface area contributed by atoms with E-state index in [2.05, 4.69) is 42.2 Å². The average Bonchev–Trinajstić information content (AvgIpc) is 3.80. The molecule has 0 aliphatic carbocycles. The number of aromatic nitrogens is 8. The predicted molar refractivity (Wildman–Crippen MR) is 165 cm³/mol. The molecular weight excluding hydrogens is 713 g/mol. The zero-order valence-electron chi connectivity index (χ0n) is 22.9. The highest BCUT2D eigenvalue weighted by Gasteiger charge is 2.65. The van der Waals surface area contributed by atoms with Gasteiger partial charge in [0.25, 0.3) is 5.56 Å². The second-order valence-corrected chi connectivity index (χ2v) is 18.8. The van der Waals surface area contributed by atoms with Crippen LogP contribution in [0.3, 0.4) is 0 Å². The van der Waals surface area contributed by atoms with Crippen molar-refractivity contribution >= 4 is 82.4 Å². The van der Waals surface area contributed by atoms with E-state index in [9.17, 15) is 9.69 Å². The minimum atomic E-state index is -4.11. The summed E-state index contributed by atoms with van der Waals surface area (Å²) in [5.41, 5.74) is 6.70. The van der Waals surface area contributed by atoms with Crippen LogP contribution in [0.4, 0.5) is 16.2 Å². The van der Waals surface area contributed by atoms with Crippen molar-refractivity contribution in [2.24, 2.45) is 0 Å². The summed E-state index contributed by atoms with van der Waals surface area (Å²) >= 11 is 15.4. The van der Waals surface area contributed by atoms with Crippen molar-refractivity contribution in [1.29, 1.82) is 0 Å². The van der Waals surface area contributed by atoms with Crippen LogP contribution in [0.2, 0.25) is 0 Å². The lowest BCUT2D eigenvalue weighted by Crippen LogP contribution is -2.45. The number of ether oxygens (including phenoxy) is 3.